The summed E-state index contributed by atoms with van der Waals surface area (Å²) in [6.07, 6.45) is 0. The van der Waals surface area contributed by atoms with Gasteiger partial charge in [0.1, 0.15) is 0 Å². The molecular weight excluding hydrogens is 201 g/mol. The minimum atomic E-state index is 0. The number of halogens is 1. The van der Waals surface area contributed by atoms with E-state index in [1.807, 2.05) is 12.0 Å². The molecule has 0 aliphatic rings. The van der Waals surface area contributed by atoms with Gasteiger partial charge < -0.3 is 0 Å². The first-order valence-electron chi connectivity index (χ1n) is 0.796. The molecule has 0 bridgehead atoms. The van der Waals surface area contributed by atoms with Crippen LogP contribution in [0.3, 0.4) is 0 Å². The second-order valence-electron chi connectivity index (χ2n) is 0.218. The van der Waals surface area contributed by atoms with E-state index in [1.165, 1.54) is 0 Å². The molecule has 0 spiro atoms. The molecule has 0 nitrogen and oxygen atoms in total. The Morgan fingerprint density at radius 1 is 1.75 bits per heavy atom. The fourth-order valence-electron chi connectivity index (χ4n) is 0. The zero-order chi connectivity index (χ0) is 2.71. The summed E-state index contributed by atoms with van der Waals surface area (Å²) < 4.78 is 0. The van der Waals surface area contributed by atoms with E-state index in [-0.39, 0.29) is 18.6 Å². The topological polar surface area (TPSA) is 0 Å². The number of hydrogen-bond acceptors (Lipinski definition) is 0. The van der Waals surface area contributed by atoms with Crippen LogP contribution in [0.1, 0.15) is 0 Å². The van der Waals surface area contributed by atoms with Crippen LogP contribution in [-0.4, -0.2) is 5.14 Å². The molecule has 0 aromatic carbocycles. The standard InChI is InChI=1S/CH3BI.V/c1-2-3;/h1H3;. The van der Waals surface area contributed by atoms with Crippen LogP contribution in [0.15, 0.2) is 0 Å². The van der Waals surface area contributed by atoms with Crippen LogP contribution >= 0.6 is 22.4 Å². The van der Waals surface area contributed by atoms with Crippen molar-refractivity contribution < 1.29 is 18.6 Å². The summed E-state index contributed by atoms with van der Waals surface area (Å²) in [5, 5.41) is 1.97. The van der Waals surface area contributed by atoms with E-state index in [9.17, 15) is 0 Å². The molecule has 0 saturated carbocycles. The van der Waals surface area contributed by atoms with Crippen molar-refractivity contribution in [2.75, 3.05) is 0 Å². The monoisotopic (exact) mass is 204 g/mol. The Morgan fingerprint density at radius 3 is 1.75 bits per heavy atom. The Bertz CT molecular complexity index is 8.00. The average Bonchev–Trinajstić information content (AvgIpc) is 0.918. The van der Waals surface area contributed by atoms with E-state index < -0.39 is 0 Å². The van der Waals surface area contributed by atoms with Crippen molar-refractivity contribution in [2.24, 2.45) is 0 Å². The van der Waals surface area contributed by atoms with Crippen molar-refractivity contribution in [3.05, 3.63) is 0 Å². The van der Waals surface area contributed by atoms with Crippen LogP contribution in [0.5, 0.6) is 0 Å². The van der Waals surface area contributed by atoms with E-state index in [0.717, 1.165) is 0 Å². The van der Waals surface area contributed by atoms with Gasteiger partial charge in [-0.15, -0.1) is 0 Å². The molecule has 4 heavy (non-hydrogen) atoms. The molecule has 0 heterocycles. The molecule has 3 heteroatoms. The zero-order valence-corrected chi connectivity index (χ0v) is 5.96. The fraction of sp³-hybridized carbons (Fsp3) is 1.00. The van der Waals surface area contributed by atoms with Crippen LogP contribution in [-0.2, 0) is 18.6 Å². The summed E-state index contributed by atoms with van der Waals surface area (Å²) in [6, 6.07) is 0. The molecule has 0 rings (SSSR count). The van der Waals surface area contributed by atoms with Crippen LogP contribution in [0.4, 0.5) is 0 Å². The molecule has 0 N–H and O–H groups in total. The van der Waals surface area contributed by atoms with Gasteiger partial charge in [-0.3, -0.25) is 0 Å². The summed E-state index contributed by atoms with van der Waals surface area (Å²) in [7, 11) is 0. The summed E-state index contributed by atoms with van der Waals surface area (Å²) in [5.41, 5.74) is 0. The van der Waals surface area contributed by atoms with Gasteiger partial charge in [-0.25, -0.2) is 0 Å². The van der Waals surface area contributed by atoms with Crippen molar-refractivity contribution >= 4 is 27.5 Å². The summed E-state index contributed by atoms with van der Waals surface area (Å²) in [5.74, 6) is 0. The Labute approximate surface area is 52.7 Å². The van der Waals surface area contributed by atoms with Crippen molar-refractivity contribution in [2.45, 2.75) is 6.82 Å². The van der Waals surface area contributed by atoms with Gasteiger partial charge in [-0.05, 0) is 0 Å². The first-order chi connectivity index (χ1) is 1.41. The molecule has 0 aromatic heterocycles. The minimum Gasteiger partial charge on any atom is -0.159 e. The molecule has 0 aliphatic carbocycles. The third-order valence-electron chi connectivity index (χ3n) is 0. The Hall–Kier alpha value is 1.38. The predicted octanol–water partition coefficient (Wildman–Crippen LogP) is 1.09. The molecule has 22 valence electrons. The van der Waals surface area contributed by atoms with E-state index in [2.05, 4.69) is 22.4 Å². The Morgan fingerprint density at radius 2 is 1.75 bits per heavy atom. The summed E-state index contributed by atoms with van der Waals surface area (Å²) in [6.45, 7) is 1.99. The van der Waals surface area contributed by atoms with Gasteiger partial charge >= 0.3 is 0 Å². The van der Waals surface area contributed by atoms with Gasteiger partial charge in [0.25, 0.3) is 0 Å². The molecule has 0 saturated heterocycles. The van der Waals surface area contributed by atoms with Crippen molar-refractivity contribution in [3.63, 3.8) is 0 Å². The predicted molar refractivity (Wildman–Crippen MR) is 25.6 cm³/mol. The van der Waals surface area contributed by atoms with Gasteiger partial charge in [-0.1, -0.05) is 6.82 Å². The quantitative estimate of drug-likeness (QED) is 0.409. The second kappa shape index (κ2) is 8.83. The van der Waals surface area contributed by atoms with Gasteiger partial charge in [0.2, 0.25) is 0 Å². The minimum absolute atomic E-state index is 0. The molecule has 0 unspecified atom stereocenters. The molecule has 0 fully saturated rings. The first-order valence-corrected chi connectivity index (χ1v) is 2.04. The van der Waals surface area contributed by atoms with Crippen LogP contribution in [0.25, 0.3) is 0 Å². The number of hydrogen-bond donors (Lipinski definition) is 0. The maximum Gasteiger partial charge on any atom is 0.196 e. The molecule has 0 atom stereocenters. The van der Waals surface area contributed by atoms with Crippen LogP contribution in [0.2, 0.25) is 6.82 Å². The summed E-state index contributed by atoms with van der Waals surface area (Å²) >= 11 is 2.16. The molecule has 0 aliphatic heterocycles. The SMILES string of the molecule is C[B]I.[V]. The van der Waals surface area contributed by atoms with E-state index in [1.54, 1.807) is 0 Å². The van der Waals surface area contributed by atoms with Gasteiger partial charge in [0.05, 0.1) is 0 Å². The largest absolute Gasteiger partial charge is 0.196 e. The van der Waals surface area contributed by atoms with Crippen LogP contribution < -0.4 is 0 Å². The Balaban J connectivity index is 0. The smallest absolute Gasteiger partial charge is 0.159 e. The van der Waals surface area contributed by atoms with Gasteiger partial charge in [0, 0.05) is 18.6 Å². The average molecular weight is 204 g/mol. The van der Waals surface area contributed by atoms with Crippen molar-refractivity contribution in [1.29, 1.82) is 0 Å². The maximum atomic E-state index is 2.16. The normalized spacial score (nSPS) is 3.50. The molecule has 0 amide bonds. The zero-order valence-electron chi connectivity index (χ0n) is 2.40. The van der Waals surface area contributed by atoms with Crippen molar-refractivity contribution in [1.82, 2.24) is 0 Å². The Kier molecular flexibility index (Phi) is 20.0. The fourth-order valence-corrected chi connectivity index (χ4v) is 0. The molecule has 0 aromatic rings. The van der Waals surface area contributed by atoms with Gasteiger partial charge in [-0.2, -0.15) is 22.4 Å². The maximum absolute atomic E-state index is 2.16. The molecule has 2 radical (unpaired) electrons. The third kappa shape index (κ3) is 10.1. The van der Waals surface area contributed by atoms with Gasteiger partial charge in [0.15, 0.2) is 5.14 Å². The van der Waals surface area contributed by atoms with E-state index >= 15 is 0 Å². The van der Waals surface area contributed by atoms with Crippen molar-refractivity contribution in [3.8, 4) is 0 Å². The van der Waals surface area contributed by atoms with E-state index in [4.69, 9.17) is 0 Å². The molecular formula is CH3BIV. The summed E-state index contributed by atoms with van der Waals surface area (Å²) in [4.78, 5) is 0. The van der Waals surface area contributed by atoms with Crippen LogP contribution in [0, 0.1) is 0 Å². The number of rotatable bonds is 0. The second-order valence-corrected chi connectivity index (χ2v) is 1.46. The van der Waals surface area contributed by atoms with E-state index in [0.29, 0.717) is 0 Å². The third-order valence-corrected chi connectivity index (χ3v) is 0. The first kappa shape index (κ1) is 9.03.